The summed E-state index contributed by atoms with van der Waals surface area (Å²) >= 11 is 0. The normalized spacial score (nSPS) is 14.7. The van der Waals surface area contributed by atoms with Crippen molar-refractivity contribution in [2.24, 2.45) is 0 Å². The van der Waals surface area contributed by atoms with Crippen molar-refractivity contribution in [3.8, 4) is 0 Å². The number of carbonyl (C=O) groups is 2. The van der Waals surface area contributed by atoms with Crippen LogP contribution < -0.4 is 0 Å². The Kier molecular flexibility index (Phi) is 6.21. The third-order valence-corrected chi connectivity index (χ3v) is 3.67. The molecule has 0 unspecified atom stereocenters. The number of carboxylic acid groups (broad SMARTS) is 1. The Morgan fingerprint density at radius 1 is 1.18 bits per heavy atom. The molecule has 0 atom stereocenters. The lowest BCUT2D eigenvalue weighted by Gasteiger charge is -2.23. The summed E-state index contributed by atoms with van der Waals surface area (Å²) in [6, 6.07) is 9.34. The van der Waals surface area contributed by atoms with Gasteiger partial charge >= 0.3 is 12.1 Å². The fraction of sp³-hybridized carbons (Fsp3) is 0.500. The molecule has 6 nitrogen and oxygen atoms in total. The number of benzene rings is 1. The van der Waals surface area contributed by atoms with Gasteiger partial charge in [-0.05, 0) is 31.5 Å². The Morgan fingerprint density at radius 2 is 1.86 bits per heavy atom. The van der Waals surface area contributed by atoms with E-state index in [1.54, 1.807) is 0 Å². The van der Waals surface area contributed by atoms with Crippen LogP contribution in [0, 0.1) is 0 Å². The predicted octanol–water partition coefficient (Wildman–Crippen LogP) is 1.81. The fourth-order valence-electron chi connectivity index (χ4n) is 2.48. The van der Waals surface area contributed by atoms with E-state index in [4.69, 9.17) is 9.84 Å². The molecule has 0 radical (unpaired) electrons. The summed E-state index contributed by atoms with van der Waals surface area (Å²) in [4.78, 5) is 26.5. The van der Waals surface area contributed by atoms with Crippen LogP contribution in [0.15, 0.2) is 30.3 Å². The summed E-state index contributed by atoms with van der Waals surface area (Å²) in [7, 11) is 0. The summed E-state index contributed by atoms with van der Waals surface area (Å²) in [6.45, 7) is 2.91. The monoisotopic (exact) mass is 306 g/mol. The summed E-state index contributed by atoms with van der Waals surface area (Å²) in [5.41, 5.74) is 0.880. The lowest BCUT2D eigenvalue weighted by molar-refractivity contribution is -0.138. The molecule has 22 heavy (non-hydrogen) atoms. The molecule has 0 spiro atoms. The van der Waals surface area contributed by atoms with Crippen LogP contribution in [0.1, 0.15) is 18.4 Å². The van der Waals surface area contributed by atoms with Crippen LogP contribution in [-0.2, 0) is 16.1 Å². The van der Waals surface area contributed by atoms with E-state index in [2.05, 4.69) is 4.90 Å². The average molecular weight is 306 g/mol. The van der Waals surface area contributed by atoms with Gasteiger partial charge in [0.2, 0.25) is 0 Å². The van der Waals surface area contributed by atoms with Crippen molar-refractivity contribution in [3.05, 3.63) is 35.9 Å². The molecule has 1 aliphatic heterocycles. The molecular formula is C16H22N2O4. The number of likely N-dealkylation sites (tertiary alicyclic amines) is 1. The molecule has 0 aromatic heterocycles. The van der Waals surface area contributed by atoms with Gasteiger partial charge in [-0.3, -0.25) is 9.69 Å². The molecule has 0 bridgehead atoms. The minimum atomic E-state index is -1.03. The van der Waals surface area contributed by atoms with Crippen molar-refractivity contribution in [1.82, 2.24) is 9.80 Å². The number of ether oxygens (including phenoxy) is 1. The molecule has 1 saturated heterocycles. The van der Waals surface area contributed by atoms with Gasteiger partial charge in [0.15, 0.2) is 0 Å². The van der Waals surface area contributed by atoms with Gasteiger partial charge in [0.25, 0.3) is 0 Å². The SMILES string of the molecule is O=C(O)CN(CCN1CCCC1)C(=O)OCc1ccccc1. The maximum absolute atomic E-state index is 12.1. The maximum atomic E-state index is 12.1. The molecule has 6 heteroatoms. The highest BCUT2D eigenvalue weighted by Crippen LogP contribution is 2.08. The fourth-order valence-corrected chi connectivity index (χ4v) is 2.48. The molecule has 0 saturated carbocycles. The first-order valence-corrected chi connectivity index (χ1v) is 7.55. The third kappa shape index (κ3) is 5.37. The summed E-state index contributed by atoms with van der Waals surface area (Å²) < 4.78 is 5.21. The lowest BCUT2D eigenvalue weighted by atomic mass is 10.2. The van der Waals surface area contributed by atoms with E-state index in [9.17, 15) is 9.59 Å². The molecule has 1 aliphatic rings. The van der Waals surface area contributed by atoms with E-state index in [0.717, 1.165) is 31.5 Å². The number of aliphatic carboxylic acids is 1. The number of rotatable bonds is 7. The highest BCUT2D eigenvalue weighted by molar-refractivity contribution is 5.76. The van der Waals surface area contributed by atoms with Gasteiger partial charge in [-0.2, -0.15) is 0 Å². The standard InChI is InChI=1S/C16H22N2O4/c19-15(20)12-18(11-10-17-8-4-5-9-17)16(21)22-13-14-6-2-1-3-7-14/h1-3,6-7H,4-5,8-13H2,(H,19,20). The lowest BCUT2D eigenvalue weighted by Crippen LogP contribution is -2.41. The van der Waals surface area contributed by atoms with Gasteiger partial charge in [0, 0.05) is 13.1 Å². The van der Waals surface area contributed by atoms with E-state index in [-0.39, 0.29) is 13.2 Å². The molecule has 0 aliphatic carbocycles. The van der Waals surface area contributed by atoms with Gasteiger partial charge < -0.3 is 14.7 Å². The topological polar surface area (TPSA) is 70.1 Å². The van der Waals surface area contributed by atoms with Gasteiger partial charge in [-0.25, -0.2) is 4.79 Å². The number of hydrogen-bond acceptors (Lipinski definition) is 4. The van der Waals surface area contributed by atoms with Gasteiger partial charge in [0.1, 0.15) is 13.2 Å². The zero-order chi connectivity index (χ0) is 15.8. The van der Waals surface area contributed by atoms with Crippen LogP contribution in [0.4, 0.5) is 4.79 Å². The highest BCUT2D eigenvalue weighted by atomic mass is 16.6. The Hall–Kier alpha value is -2.08. The van der Waals surface area contributed by atoms with Crippen molar-refractivity contribution in [1.29, 1.82) is 0 Å². The molecule has 1 fully saturated rings. The molecule has 1 N–H and O–H groups in total. The predicted molar refractivity (Wildman–Crippen MR) is 81.5 cm³/mol. The van der Waals surface area contributed by atoms with E-state index in [1.807, 2.05) is 30.3 Å². The maximum Gasteiger partial charge on any atom is 0.410 e. The quantitative estimate of drug-likeness (QED) is 0.832. The second kappa shape index (κ2) is 8.38. The Bertz CT molecular complexity index is 486. The van der Waals surface area contributed by atoms with Gasteiger partial charge in [-0.1, -0.05) is 30.3 Å². The minimum absolute atomic E-state index is 0.152. The van der Waals surface area contributed by atoms with Crippen molar-refractivity contribution >= 4 is 12.1 Å². The first-order valence-electron chi connectivity index (χ1n) is 7.55. The Labute approximate surface area is 130 Å². The van der Waals surface area contributed by atoms with Crippen LogP contribution in [0.2, 0.25) is 0 Å². The van der Waals surface area contributed by atoms with Crippen LogP contribution in [0.5, 0.6) is 0 Å². The third-order valence-electron chi connectivity index (χ3n) is 3.67. The summed E-state index contributed by atoms with van der Waals surface area (Å²) in [6.07, 6.45) is 1.75. The molecule has 1 amide bonds. The molecule has 1 aromatic rings. The smallest absolute Gasteiger partial charge is 0.410 e. The first-order chi connectivity index (χ1) is 10.6. The van der Waals surface area contributed by atoms with Crippen molar-refractivity contribution in [2.75, 3.05) is 32.7 Å². The average Bonchev–Trinajstić information content (AvgIpc) is 3.03. The molecule has 2 rings (SSSR count). The van der Waals surface area contributed by atoms with E-state index >= 15 is 0 Å². The van der Waals surface area contributed by atoms with Crippen molar-refractivity contribution in [2.45, 2.75) is 19.4 Å². The highest BCUT2D eigenvalue weighted by Gasteiger charge is 2.20. The van der Waals surface area contributed by atoms with Crippen LogP contribution in [0.3, 0.4) is 0 Å². The number of amides is 1. The molecular weight excluding hydrogens is 284 g/mol. The van der Waals surface area contributed by atoms with Crippen LogP contribution in [0.25, 0.3) is 0 Å². The molecule has 1 heterocycles. The zero-order valence-electron chi connectivity index (χ0n) is 12.6. The summed E-state index contributed by atoms with van der Waals surface area (Å²) in [5, 5.41) is 8.95. The van der Waals surface area contributed by atoms with E-state index in [1.165, 1.54) is 4.90 Å². The molecule has 120 valence electrons. The van der Waals surface area contributed by atoms with Crippen LogP contribution >= 0.6 is 0 Å². The van der Waals surface area contributed by atoms with Crippen molar-refractivity contribution in [3.63, 3.8) is 0 Å². The molecule has 1 aromatic carbocycles. The summed E-state index contributed by atoms with van der Waals surface area (Å²) in [5.74, 6) is -1.03. The Balaban J connectivity index is 1.83. The number of carboxylic acids is 1. The zero-order valence-corrected chi connectivity index (χ0v) is 12.6. The largest absolute Gasteiger partial charge is 0.480 e. The first kappa shape index (κ1) is 16.3. The number of carbonyl (C=O) groups excluding carboxylic acids is 1. The minimum Gasteiger partial charge on any atom is -0.480 e. The van der Waals surface area contributed by atoms with E-state index in [0.29, 0.717) is 13.1 Å². The second-order valence-corrected chi connectivity index (χ2v) is 5.40. The Morgan fingerprint density at radius 3 is 2.50 bits per heavy atom. The van der Waals surface area contributed by atoms with Gasteiger partial charge in [-0.15, -0.1) is 0 Å². The van der Waals surface area contributed by atoms with Crippen LogP contribution in [-0.4, -0.2) is 59.7 Å². The van der Waals surface area contributed by atoms with Crippen molar-refractivity contribution < 1.29 is 19.4 Å². The second-order valence-electron chi connectivity index (χ2n) is 5.40. The van der Waals surface area contributed by atoms with E-state index < -0.39 is 12.1 Å². The number of nitrogens with zero attached hydrogens (tertiary/aromatic N) is 2. The number of hydrogen-bond donors (Lipinski definition) is 1. The van der Waals surface area contributed by atoms with Gasteiger partial charge in [0.05, 0.1) is 0 Å².